The van der Waals surface area contributed by atoms with E-state index in [2.05, 4.69) is 5.10 Å². The standard InChI is InChI=1S/C14H12ClFN2O/c1-2-18-9-8-13(17-18)14(19)7-6-10-11(15)4-3-5-12(10)16/h3-9H,2H2,1H3. The minimum atomic E-state index is -0.462. The van der Waals surface area contributed by atoms with E-state index in [4.69, 9.17) is 11.6 Å². The molecule has 0 radical (unpaired) electrons. The van der Waals surface area contributed by atoms with Crippen molar-refractivity contribution < 1.29 is 9.18 Å². The maximum Gasteiger partial charge on any atom is 0.206 e. The van der Waals surface area contributed by atoms with Crippen LogP contribution in [-0.2, 0) is 6.54 Å². The number of aromatic nitrogens is 2. The molecule has 0 spiro atoms. The highest BCUT2D eigenvalue weighted by atomic mass is 35.5. The molecule has 2 rings (SSSR count). The van der Waals surface area contributed by atoms with E-state index in [0.29, 0.717) is 12.2 Å². The molecule has 5 heteroatoms. The van der Waals surface area contributed by atoms with Crippen molar-refractivity contribution in [3.8, 4) is 0 Å². The summed E-state index contributed by atoms with van der Waals surface area (Å²) in [6.07, 6.45) is 4.36. The number of allylic oxidation sites excluding steroid dienone is 1. The number of nitrogens with zero attached hydrogens (tertiary/aromatic N) is 2. The minimum Gasteiger partial charge on any atom is -0.287 e. The third kappa shape index (κ3) is 3.09. The van der Waals surface area contributed by atoms with Crippen LogP contribution in [0.3, 0.4) is 0 Å². The van der Waals surface area contributed by atoms with Gasteiger partial charge in [0, 0.05) is 18.3 Å². The van der Waals surface area contributed by atoms with Gasteiger partial charge in [-0.3, -0.25) is 9.48 Å². The largest absolute Gasteiger partial charge is 0.287 e. The second-order valence-electron chi connectivity index (χ2n) is 3.89. The lowest BCUT2D eigenvalue weighted by Crippen LogP contribution is -2.00. The Balaban J connectivity index is 2.20. The molecule has 19 heavy (non-hydrogen) atoms. The zero-order valence-electron chi connectivity index (χ0n) is 10.3. The number of hydrogen-bond acceptors (Lipinski definition) is 2. The van der Waals surface area contributed by atoms with E-state index >= 15 is 0 Å². The first-order valence-corrected chi connectivity index (χ1v) is 6.19. The maximum absolute atomic E-state index is 13.5. The SMILES string of the molecule is CCn1ccc(C(=O)C=Cc2c(F)cccc2Cl)n1. The van der Waals surface area contributed by atoms with Crippen LogP contribution in [0.15, 0.2) is 36.5 Å². The van der Waals surface area contributed by atoms with Crippen molar-refractivity contribution in [1.82, 2.24) is 9.78 Å². The van der Waals surface area contributed by atoms with Crippen LogP contribution in [0.2, 0.25) is 5.02 Å². The number of hydrogen-bond donors (Lipinski definition) is 0. The highest BCUT2D eigenvalue weighted by Gasteiger charge is 2.07. The van der Waals surface area contributed by atoms with Gasteiger partial charge in [-0.05, 0) is 37.3 Å². The minimum absolute atomic E-state index is 0.201. The lowest BCUT2D eigenvalue weighted by atomic mass is 10.1. The number of carbonyl (C=O) groups is 1. The third-order valence-corrected chi connectivity index (χ3v) is 2.95. The van der Waals surface area contributed by atoms with Gasteiger partial charge in [0.25, 0.3) is 0 Å². The van der Waals surface area contributed by atoms with Crippen LogP contribution in [0.5, 0.6) is 0 Å². The molecule has 0 aliphatic heterocycles. The monoisotopic (exact) mass is 278 g/mol. The molecule has 0 atom stereocenters. The first-order valence-electron chi connectivity index (χ1n) is 5.81. The molecule has 2 aromatic rings. The summed E-state index contributed by atoms with van der Waals surface area (Å²) in [7, 11) is 0. The fourth-order valence-corrected chi connectivity index (χ4v) is 1.81. The molecule has 0 saturated carbocycles. The summed E-state index contributed by atoms with van der Waals surface area (Å²) < 4.78 is 15.1. The van der Waals surface area contributed by atoms with E-state index in [1.54, 1.807) is 23.0 Å². The summed E-state index contributed by atoms with van der Waals surface area (Å²) in [5.74, 6) is -0.748. The molecule has 0 aliphatic carbocycles. The average Bonchev–Trinajstić information content (AvgIpc) is 2.86. The quantitative estimate of drug-likeness (QED) is 0.633. The Hall–Kier alpha value is -1.94. The van der Waals surface area contributed by atoms with Crippen molar-refractivity contribution in [2.75, 3.05) is 0 Å². The van der Waals surface area contributed by atoms with Crippen LogP contribution in [0.4, 0.5) is 4.39 Å². The summed E-state index contributed by atoms with van der Waals surface area (Å²) in [5.41, 5.74) is 0.526. The predicted octanol–water partition coefficient (Wildman–Crippen LogP) is 3.59. The van der Waals surface area contributed by atoms with Crippen LogP contribution < -0.4 is 0 Å². The van der Waals surface area contributed by atoms with E-state index in [-0.39, 0.29) is 16.4 Å². The fourth-order valence-electron chi connectivity index (χ4n) is 1.58. The van der Waals surface area contributed by atoms with Crippen molar-refractivity contribution in [2.24, 2.45) is 0 Å². The zero-order chi connectivity index (χ0) is 13.8. The van der Waals surface area contributed by atoms with E-state index in [1.165, 1.54) is 24.3 Å². The van der Waals surface area contributed by atoms with Gasteiger partial charge < -0.3 is 0 Å². The topological polar surface area (TPSA) is 34.9 Å². The van der Waals surface area contributed by atoms with E-state index < -0.39 is 5.82 Å². The van der Waals surface area contributed by atoms with Gasteiger partial charge in [0.1, 0.15) is 11.5 Å². The predicted molar refractivity (Wildman–Crippen MR) is 72.7 cm³/mol. The highest BCUT2D eigenvalue weighted by Crippen LogP contribution is 2.20. The smallest absolute Gasteiger partial charge is 0.206 e. The Bertz CT molecular complexity index is 614. The lowest BCUT2D eigenvalue weighted by molar-refractivity contribution is 0.104. The van der Waals surface area contributed by atoms with Crippen molar-refractivity contribution >= 4 is 23.5 Å². The second-order valence-corrected chi connectivity index (χ2v) is 4.30. The summed E-state index contributed by atoms with van der Waals surface area (Å²) in [6.45, 7) is 2.62. The molecule has 98 valence electrons. The van der Waals surface area contributed by atoms with Crippen molar-refractivity contribution in [2.45, 2.75) is 13.5 Å². The number of aryl methyl sites for hydroxylation is 1. The van der Waals surface area contributed by atoms with E-state index in [1.807, 2.05) is 6.92 Å². The molecule has 1 heterocycles. The molecule has 0 fully saturated rings. The highest BCUT2D eigenvalue weighted by molar-refractivity contribution is 6.32. The zero-order valence-corrected chi connectivity index (χ0v) is 11.1. The lowest BCUT2D eigenvalue weighted by Gasteiger charge is -1.98. The molecule has 1 aromatic heterocycles. The van der Waals surface area contributed by atoms with E-state index in [9.17, 15) is 9.18 Å². The Morgan fingerprint density at radius 1 is 1.47 bits per heavy atom. The number of benzene rings is 1. The van der Waals surface area contributed by atoms with Gasteiger partial charge in [-0.2, -0.15) is 5.10 Å². The summed E-state index contributed by atoms with van der Waals surface area (Å²) in [5, 5.41) is 4.34. The number of halogens is 2. The fraction of sp³-hybridized carbons (Fsp3) is 0.143. The maximum atomic E-state index is 13.5. The first kappa shape index (κ1) is 13.5. The average molecular weight is 279 g/mol. The van der Waals surface area contributed by atoms with Gasteiger partial charge in [-0.1, -0.05) is 17.7 Å². The second kappa shape index (κ2) is 5.80. The summed E-state index contributed by atoms with van der Waals surface area (Å²) in [6, 6.07) is 6.00. The molecule has 0 bridgehead atoms. The Kier molecular flexibility index (Phi) is 4.12. The number of ketones is 1. The van der Waals surface area contributed by atoms with Gasteiger partial charge in [-0.15, -0.1) is 0 Å². The van der Waals surface area contributed by atoms with Gasteiger partial charge >= 0.3 is 0 Å². The van der Waals surface area contributed by atoms with Gasteiger partial charge in [0.15, 0.2) is 0 Å². The molecule has 0 unspecified atom stereocenters. The third-order valence-electron chi connectivity index (χ3n) is 2.62. The van der Waals surface area contributed by atoms with Gasteiger partial charge in [0.05, 0.1) is 5.02 Å². The molecule has 3 nitrogen and oxygen atoms in total. The Labute approximate surface area is 115 Å². The van der Waals surface area contributed by atoms with Crippen LogP contribution in [0.25, 0.3) is 6.08 Å². The Morgan fingerprint density at radius 2 is 2.26 bits per heavy atom. The van der Waals surface area contributed by atoms with Crippen LogP contribution in [0.1, 0.15) is 23.0 Å². The summed E-state index contributed by atoms with van der Waals surface area (Å²) >= 11 is 5.86. The van der Waals surface area contributed by atoms with E-state index in [0.717, 1.165) is 0 Å². The van der Waals surface area contributed by atoms with Crippen molar-refractivity contribution in [3.63, 3.8) is 0 Å². The molecular formula is C14H12ClFN2O. The first-order chi connectivity index (χ1) is 9.11. The molecule has 0 N–H and O–H groups in total. The van der Waals surface area contributed by atoms with Crippen molar-refractivity contribution in [1.29, 1.82) is 0 Å². The molecule has 0 amide bonds. The molecule has 1 aromatic carbocycles. The number of carbonyl (C=O) groups excluding carboxylic acids is 1. The number of rotatable bonds is 4. The molecule has 0 saturated heterocycles. The van der Waals surface area contributed by atoms with Crippen molar-refractivity contribution in [3.05, 3.63) is 58.6 Å². The van der Waals surface area contributed by atoms with Crippen LogP contribution in [-0.4, -0.2) is 15.6 Å². The van der Waals surface area contributed by atoms with Gasteiger partial charge in [0.2, 0.25) is 5.78 Å². The molecular weight excluding hydrogens is 267 g/mol. The van der Waals surface area contributed by atoms with Gasteiger partial charge in [-0.25, -0.2) is 4.39 Å². The van der Waals surface area contributed by atoms with Crippen LogP contribution in [0, 0.1) is 5.82 Å². The van der Waals surface area contributed by atoms with Crippen LogP contribution >= 0.6 is 11.6 Å². The normalized spacial score (nSPS) is 11.1. The molecule has 0 aliphatic rings. The summed E-state index contributed by atoms with van der Waals surface area (Å²) in [4.78, 5) is 11.8. The Morgan fingerprint density at radius 3 is 2.89 bits per heavy atom.